The summed E-state index contributed by atoms with van der Waals surface area (Å²) in [6.07, 6.45) is -12.2. The molecule has 17 heteroatoms. The summed E-state index contributed by atoms with van der Waals surface area (Å²) in [5.74, 6) is 3.37. The minimum absolute atomic E-state index is 0.147. The molecule has 62 heavy (non-hydrogen) atoms. The number of hydrogen-bond donors (Lipinski definition) is 9. The molecule has 27 atom stereocenters. The van der Waals surface area contributed by atoms with Crippen molar-refractivity contribution >= 4 is 0 Å². The zero-order valence-corrected chi connectivity index (χ0v) is 36.8. The van der Waals surface area contributed by atoms with Crippen LogP contribution in [0.1, 0.15) is 98.8 Å². The molecule has 1 spiro atoms. The van der Waals surface area contributed by atoms with E-state index in [9.17, 15) is 46.0 Å². The molecule has 4 saturated carbocycles. The lowest BCUT2D eigenvalue weighted by molar-refractivity contribution is -0.386. The summed E-state index contributed by atoms with van der Waals surface area (Å²) < 4.78 is 49.5. The van der Waals surface area contributed by atoms with Gasteiger partial charge in [0.2, 0.25) is 0 Å². The Hall–Kier alpha value is -0.680. The molecule has 12 unspecified atom stereocenters. The number of hydrogen-bond acceptors (Lipinski definition) is 17. The predicted octanol–water partition coefficient (Wildman–Crippen LogP) is 0.294. The molecule has 356 valence electrons. The van der Waals surface area contributed by atoms with E-state index in [1.807, 2.05) is 0 Å². The second-order valence-corrected chi connectivity index (χ2v) is 21.5. The molecule has 0 bridgehead atoms. The Morgan fingerprint density at radius 3 is 1.94 bits per heavy atom. The van der Waals surface area contributed by atoms with E-state index < -0.39 is 111 Å². The van der Waals surface area contributed by atoms with Gasteiger partial charge in [0.25, 0.3) is 0 Å². The van der Waals surface area contributed by atoms with Gasteiger partial charge in [0, 0.05) is 12.3 Å². The first-order valence-electron chi connectivity index (χ1n) is 23.7. The lowest BCUT2D eigenvalue weighted by atomic mass is 9.44. The maximum absolute atomic E-state index is 11.4. The van der Waals surface area contributed by atoms with Gasteiger partial charge in [0.1, 0.15) is 67.1 Å². The Labute approximate surface area is 364 Å². The van der Waals surface area contributed by atoms with Gasteiger partial charge in [-0.2, -0.15) is 0 Å². The zero-order chi connectivity index (χ0) is 44.2. The van der Waals surface area contributed by atoms with Crippen LogP contribution in [0.15, 0.2) is 0 Å². The van der Waals surface area contributed by atoms with Gasteiger partial charge < -0.3 is 83.9 Å². The fourth-order valence-electron chi connectivity index (χ4n) is 14.6. The van der Waals surface area contributed by atoms with Crippen molar-refractivity contribution in [2.24, 2.45) is 52.3 Å². The van der Waals surface area contributed by atoms with Crippen LogP contribution in [0.2, 0.25) is 0 Å². The minimum atomic E-state index is -1.85. The maximum Gasteiger partial charge on any atom is 0.187 e. The average molecular weight is 887 g/mol. The van der Waals surface area contributed by atoms with E-state index in [0.717, 1.165) is 51.6 Å². The van der Waals surface area contributed by atoms with Crippen molar-refractivity contribution in [1.29, 1.82) is 0 Å². The number of aliphatic hydroxyl groups excluding tert-OH is 9. The van der Waals surface area contributed by atoms with E-state index in [4.69, 9.17) is 37.9 Å². The first-order chi connectivity index (χ1) is 29.4. The van der Waals surface area contributed by atoms with Gasteiger partial charge >= 0.3 is 0 Å². The monoisotopic (exact) mass is 886 g/mol. The highest BCUT2D eigenvalue weighted by atomic mass is 16.8. The molecule has 9 fully saturated rings. The van der Waals surface area contributed by atoms with Gasteiger partial charge in [-0.15, -0.1) is 0 Å². The van der Waals surface area contributed by atoms with E-state index in [0.29, 0.717) is 41.4 Å². The van der Waals surface area contributed by atoms with E-state index in [1.54, 1.807) is 6.92 Å². The molecular formula is C45H74O17. The SMILES string of the molecule is CC1CCC2(OC1)OC1CC3C4CCC5CC(O[C@@H]6O[C@@H](C)[C@H](O)[C@@H](O)[C@H]6O[C@@H]6O[C@H](CO)[C@@H](O[C@@H]7O[C@H](CO)[C@@H](O)[C@H](O)[C@H]7O)[C@H](O)[C@H]6O)CCC5(C)C4CCC3(C)C1C2C. The average Bonchev–Trinajstić information content (AvgIpc) is 3.70. The quantitative estimate of drug-likeness (QED) is 0.149. The van der Waals surface area contributed by atoms with Crippen LogP contribution in [0.3, 0.4) is 0 Å². The second-order valence-electron chi connectivity index (χ2n) is 21.5. The molecule has 9 N–H and O–H groups in total. The van der Waals surface area contributed by atoms with Crippen LogP contribution < -0.4 is 0 Å². The molecule has 5 aliphatic heterocycles. The third-order valence-electron chi connectivity index (χ3n) is 18.2. The first kappa shape index (κ1) is 46.4. The fraction of sp³-hybridized carbons (Fsp3) is 1.00. The molecule has 5 heterocycles. The van der Waals surface area contributed by atoms with Crippen LogP contribution in [0.4, 0.5) is 0 Å². The van der Waals surface area contributed by atoms with Gasteiger partial charge in [0.15, 0.2) is 24.7 Å². The summed E-state index contributed by atoms with van der Waals surface area (Å²) in [6.45, 7) is 10.7. The van der Waals surface area contributed by atoms with Crippen molar-refractivity contribution < 1.29 is 83.9 Å². The van der Waals surface area contributed by atoms with Gasteiger partial charge in [-0.1, -0.05) is 27.7 Å². The Balaban J connectivity index is 0.844. The summed E-state index contributed by atoms with van der Waals surface area (Å²) in [4.78, 5) is 0. The van der Waals surface area contributed by atoms with E-state index >= 15 is 0 Å². The normalized spacial score (nSPS) is 58.9. The van der Waals surface area contributed by atoms with Gasteiger partial charge in [-0.3, -0.25) is 0 Å². The summed E-state index contributed by atoms with van der Waals surface area (Å²) in [5, 5.41) is 95.6. The van der Waals surface area contributed by atoms with E-state index in [2.05, 4.69) is 27.7 Å². The Kier molecular flexibility index (Phi) is 13.1. The largest absolute Gasteiger partial charge is 0.394 e. The fourth-order valence-corrected chi connectivity index (χ4v) is 14.6. The molecule has 17 nitrogen and oxygen atoms in total. The molecule has 0 aromatic carbocycles. The molecule has 9 aliphatic rings. The predicted molar refractivity (Wildman–Crippen MR) is 214 cm³/mol. The van der Waals surface area contributed by atoms with Gasteiger partial charge in [-0.05, 0) is 111 Å². The molecule has 4 aliphatic carbocycles. The third kappa shape index (κ3) is 7.56. The van der Waals surface area contributed by atoms with Gasteiger partial charge in [-0.25, -0.2) is 0 Å². The molecule has 0 amide bonds. The van der Waals surface area contributed by atoms with Crippen molar-refractivity contribution in [2.45, 2.75) is 209 Å². The molecule has 0 radical (unpaired) electrons. The Bertz CT molecular complexity index is 1550. The van der Waals surface area contributed by atoms with Crippen LogP contribution in [-0.4, -0.2) is 176 Å². The summed E-state index contributed by atoms with van der Waals surface area (Å²) in [6, 6.07) is 0. The minimum Gasteiger partial charge on any atom is -0.394 e. The van der Waals surface area contributed by atoms with Crippen molar-refractivity contribution in [2.75, 3.05) is 19.8 Å². The summed E-state index contributed by atoms with van der Waals surface area (Å²) in [7, 11) is 0. The molecule has 9 rings (SSSR count). The standard InChI is InChI=1S/C45H74O17/c1-19-8-13-45(55-18-19)20(2)30-27(62-45)15-26-24-7-6-22-14-23(9-11-43(22,4)25(24)10-12-44(26,30)5)57-42-39(34(51)31(48)21(3)56-42)61-41-37(54)35(52)38(29(17-47)59-41)60-40-36(53)33(50)32(49)28(16-46)58-40/h19-42,46-54H,6-18H2,1-5H3/t19?,20?,21-,22?,23?,24?,25?,26?,27?,28+,29+,30?,31-,32+,33-,34+,35+,36+,37+,38+,39+,40-,41-,42-,43?,44?,45?/m0/s1. The topological polar surface area (TPSA) is 256 Å². The number of fused-ring (bicyclic) bond motifs is 7. The molecule has 0 aromatic heterocycles. The van der Waals surface area contributed by atoms with Crippen LogP contribution in [0.5, 0.6) is 0 Å². The van der Waals surface area contributed by atoms with Crippen LogP contribution in [0, 0.1) is 52.3 Å². The number of ether oxygens (including phenoxy) is 8. The first-order valence-corrected chi connectivity index (χ1v) is 23.7. The van der Waals surface area contributed by atoms with Gasteiger partial charge in [0.05, 0.1) is 38.1 Å². The van der Waals surface area contributed by atoms with Crippen LogP contribution in [0.25, 0.3) is 0 Å². The van der Waals surface area contributed by atoms with Crippen molar-refractivity contribution in [3.8, 4) is 0 Å². The smallest absolute Gasteiger partial charge is 0.187 e. The van der Waals surface area contributed by atoms with Crippen molar-refractivity contribution in [3.05, 3.63) is 0 Å². The zero-order valence-electron chi connectivity index (χ0n) is 36.8. The Morgan fingerprint density at radius 1 is 0.581 bits per heavy atom. The van der Waals surface area contributed by atoms with Crippen LogP contribution >= 0.6 is 0 Å². The Morgan fingerprint density at radius 2 is 1.24 bits per heavy atom. The summed E-state index contributed by atoms with van der Waals surface area (Å²) in [5.41, 5.74) is 0.384. The van der Waals surface area contributed by atoms with Crippen molar-refractivity contribution in [1.82, 2.24) is 0 Å². The number of rotatable bonds is 8. The van der Waals surface area contributed by atoms with E-state index in [-0.39, 0.29) is 23.0 Å². The second kappa shape index (κ2) is 17.4. The van der Waals surface area contributed by atoms with Crippen LogP contribution in [-0.2, 0) is 37.9 Å². The molecular weight excluding hydrogens is 812 g/mol. The third-order valence-corrected chi connectivity index (χ3v) is 18.2. The lowest BCUT2D eigenvalue weighted by Crippen LogP contribution is -2.66. The molecule has 5 saturated heterocycles. The highest BCUT2D eigenvalue weighted by Gasteiger charge is 2.69. The maximum atomic E-state index is 11.4. The summed E-state index contributed by atoms with van der Waals surface area (Å²) >= 11 is 0. The van der Waals surface area contributed by atoms with Crippen molar-refractivity contribution in [3.63, 3.8) is 0 Å². The number of aliphatic hydroxyl groups is 9. The molecule has 0 aromatic rings. The van der Waals surface area contributed by atoms with E-state index in [1.165, 1.54) is 19.3 Å². The lowest BCUT2D eigenvalue weighted by Gasteiger charge is -2.61. The highest BCUT2D eigenvalue weighted by Crippen LogP contribution is 2.71. The highest BCUT2D eigenvalue weighted by molar-refractivity contribution is 5.15.